The largest absolute Gasteiger partial charge is 0.465 e. The van der Waals surface area contributed by atoms with Crippen molar-refractivity contribution in [1.29, 1.82) is 5.26 Å². The van der Waals surface area contributed by atoms with E-state index in [1.54, 1.807) is 18.2 Å². The van der Waals surface area contributed by atoms with Gasteiger partial charge in [0.05, 0.1) is 36.2 Å². The van der Waals surface area contributed by atoms with Crippen LogP contribution in [0.5, 0.6) is 0 Å². The van der Waals surface area contributed by atoms with E-state index in [2.05, 4.69) is 37.0 Å². The van der Waals surface area contributed by atoms with E-state index in [1.807, 2.05) is 12.1 Å². The second-order valence-corrected chi connectivity index (χ2v) is 5.10. The van der Waals surface area contributed by atoms with Gasteiger partial charge in [-0.3, -0.25) is 4.98 Å². The van der Waals surface area contributed by atoms with Crippen LogP contribution in [-0.4, -0.2) is 18.1 Å². The maximum atomic E-state index is 11.3. The Balaban J connectivity index is 2.08. The van der Waals surface area contributed by atoms with E-state index in [9.17, 15) is 4.79 Å². The Morgan fingerprint density at radius 2 is 2.24 bits per heavy atom. The van der Waals surface area contributed by atoms with Gasteiger partial charge in [-0.25, -0.2) is 4.79 Å². The van der Waals surface area contributed by atoms with Crippen molar-refractivity contribution in [3.05, 3.63) is 57.8 Å². The Morgan fingerprint density at radius 3 is 2.86 bits per heavy atom. The number of nitrogens with one attached hydrogen (secondary N) is 1. The molecular weight excluding hydrogens is 334 g/mol. The van der Waals surface area contributed by atoms with Crippen molar-refractivity contribution in [2.45, 2.75) is 6.54 Å². The number of esters is 1. The molecule has 0 amide bonds. The molecule has 5 nitrogen and oxygen atoms in total. The van der Waals surface area contributed by atoms with E-state index in [0.29, 0.717) is 17.7 Å². The molecule has 1 N–H and O–H groups in total. The minimum atomic E-state index is -0.416. The Kier molecular flexibility index (Phi) is 4.90. The van der Waals surface area contributed by atoms with Crippen LogP contribution in [0.4, 0.5) is 5.69 Å². The van der Waals surface area contributed by atoms with Crippen molar-refractivity contribution in [2.24, 2.45) is 0 Å². The van der Waals surface area contributed by atoms with E-state index in [1.165, 1.54) is 13.3 Å². The maximum Gasteiger partial charge on any atom is 0.339 e. The van der Waals surface area contributed by atoms with E-state index < -0.39 is 5.97 Å². The van der Waals surface area contributed by atoms with Crippen molar-refractivity contribution in [2.75, 3.05) is 12.4 Å². The molecule has 106 valence electrons. The molecule has 2 aromatic rings. The zero-order chi connectivity index (χ0) is 15.2. The monoisotopic (exact) mass is 345 g/mol. The van der Waals surface area contributed by atoms with E-state index in [4.69, 9.17) is 5.26 Å². The highest BCUT2D eigenvalue weighted by molar-refractivity contribution is 9.10. The summed E-state index contributed by atoms with van der Waals surface area (Å²) in [5, 5.41) is 12.2. The third-order valence-corrected chi connectivity index (χ3v) is 3.30. The van der Waals surface area contributed by atoms with E-state index in [0.717, 1.165) is 15.9 Å². The van der Waals surface area contributed by atoms with Crippen LogP contribution in [0.3, 0.4) is 0 Å². The summed E-state index contributed by atoms with van der Waals surface area (Å²) in [6.07, 6.45) is 1.47. The fraction of sp³-hybridized carbons (Fsp3) is 0.133. The molecule has 0 aliphatic heterocycles. The van der Waals surface area contributed by atoms with Gasteiger partial charge in [0.1, 0.15) is 6.07 Å². The van der Waals surface area contributed by atoms with Crippen LogP contribution in [0.2, 0.25) is 0 Å². The quantitative estimate of drug-likeness (QED) is 0.861. The van der Waals surface area contributed by atoms with Gasteiger partial charge in [-0.2, -0.15) is 5.26 Å². The van der Waals surface area contributed by atoms with Crippen LogP contribution in [-0.2, 0) is 11.3 Å². The minimum absolute atomic E-state index is 0.404. The molecule has 1 heterocycles. The highest BCUT2D eigenvalue weighted by Crippen LogP contribution is 2.21. The lowest BCUT2D eigenvalue weighted by atomic mass is 10.2. The molecule has 0 atom stereocenters. The Bertz CT molecular complexity index is 693. The highest BCUT2D eigenvalue weighted by Gasteiger charge is 2.06. The summed E-state index contributed by atoms with van der Waals surface area (Å²) < 4.78 is 5.50. The van der Waals surface area contributed by atoms with Crippen molar-refractivity contribution in [1.82, 2.24) is 4.98 Å². The van der Waals surface area contributed by atoms with Crippen molar-refractivity contribution in [3.63, 3.8) is 0 Å². The summed E-state index contributed by atoms with van der Waals surface area (Å²) in [7, 11) is 1.33. The summed E-state index contributed by atoms with van der Waals surface area (Å²) in [5.41, 5.74) is 2.45. The number of methoxy groups -OCH3 is 1. The van der Waals surface area contributed by atoms with Gasteiger partial charge < -0.3 is 10.1 Å². The predicted molar refractivity (Wildman–Crippen MR) is 81.8 cm³/mol. The van der Waals surface area contributed by atoms with Gasteiger partial charge in [0.25, 0.3) is 0 Å². The first kappa shape index (κ1) is 15.0. The summed E-state index contributed by atoms with van der Waals surface area (Å²) in [6, 6.07) is 10.9. The molecule has 0 bridgehead atoms. The first-order valence-corrected chi connectivity index (χ1v) is 6.90. The number of pyridine rings is 1. The van der Waals surface area contributed by atoms with Gasteiger partial charge in [-0.1, -0.05) is 15.9 Å². The molecule has 21 heavy (non-hydrogen) atoms. The molecule has 0 radical (unpaired) electrons. The van der Waals surface area contributed by atoms with Gasteiger partial charge in [0.2, 0.25) is 0 Å². The Hall–Kier alpha value is -2.39. The number of rotatable bonds is 4. The number of benzene rings is 1. The number of halogens is 1. The van der Waals surface area contributed by atoms with Crippen LogP contribution in [0, 0.1) is 11.3 Å². The average molecular weight is 346 g/mol. The second-order valence-electron chi connectivity index (χ2n) is 4.19. The summed E-state index contributed by atoms with van der Waals surface area (Å²) in [6.45, 7) is 0.451. The van der Waals surface area contributed by atoms with Crippen LogP contribution in [0.25, 0.3) is 0 Å². The molecular formula is C15H12BrN3O2. The number of carbonyl (C=O) groups excluding carboxylic acids is 1. The van der Waals surface area contributed by atoms with Gasteiger partial charge in [-0.05, 0) is 30.3 Å². The summed E-state index contributed by atoms with van der Waals surface area (Å²) in [5.74, 6) is -0.416. The fourth-order valence-corrected chi connectivity index (χ4v) is 2.07. The Morgan fingerprint density at radius 1 is 1.43 bits per heavy atom. The number of hydrogen-bond acceptors (Lipinski definition) is 5. The highest BCUT2D eigenvalue weighted by atomic mass is 79.9. The molecule has 0 saturated carbocycles. The second kappa shape index (κ2) is 6.86. The third-order valence-electron chi connectivity index (χ3n) is 2.81. The number of ether oxygens (including phenoxy) is 1. The van der Waals surface area contributed by atoms with Gasteiger partial charge in [0, 0.05) is 10.7 Å². The maximum absolute atomic E-state index is 11.3. The molecule has 0 spiro atoms. The molecule has 0 saturated heterocycles. The molecule has 0 unspecified atom stereocenters. The van der Waals surface area contributed by atoms with Crippen molar-refractivity contribution < 1.29 is 9.53 Å². The van der Waals surface area contributed by atoms with Crippen LogP contribution >= 0.6 is 15.9 Å². The zero-order valence-electron chi connectivity index (χ0n) is 11.3. The van der Waals surface area contributed by atoms with Crippen LogP contribution in [0.1, 0.15) is 21.6 Å². The van der Waals surface area contributed by atoms with Gasteiger partial charge in [0.15, 0.2) is 0 Å². The molecule has 1 aromatic heterocycles. The number of nitriles is 1. The number of nitrogens with zero attached hydrogens (tertiary/aromatic N) is 2. The first-order chi connectivity index (χ1) is 10.1. The lowest BCUT2D eigenvalue weighted by Crippen LogP contribution is -2.06. The topological polar surface area (TPSA) is 75.0 Å². The van der Waals surface area contributed by atoms with Gasteiger partial charge >= 0.3 is 5.97 Å². The summed E-state index contributed by atoms with van der Waals surface area (Å²) >= 11 is 3.37. The lowest BCUT2D eigenvalue weighted by molar-refractivity contribution is 0.0600. The van der Waals surface area contributed by atoms with E-state index >= 15 is 0 Å². The normalized spacial score (nSPS) is 9.76. The van der Waals surface area contributed by atoms with Gasteiger partial charge in [-0.15, -0.1) is 0 Å². The minimum Gasteiger partial charge on any atom is -0.465 e. The molecule has 0 aliphatic rings. The number of aromatic nitrogens is 1. The molecule has 1 aromatic carbocycles. The SMILES string of the molecule is COC(=O)c1ccc(CNc2cc(Br)ccc2C#N)nc1. The lowest BCUT2D eigenvalue weighted by Gasteiger charge is -2.08. The zero-order valence-corrected chi connectivity index (χ0v) is 12.8. The first-order valence-electron chi connectivity index (χ1n) is 6.11. The predicted octanol–water partition coefficient (Wildman–Crippen LogP) is 3.11. The van der Waals surface area contributed by atoms with Crippen molar-refractivity contribution >= 4 is 27.6 Å². The molecule has 2 rings (SSSR count). The van der Waals surface area contributed by atoms with Crippen LogP contribution < -0.4 is 5.32 Å². The molecule has 6 heteroatoms. The van der Waals surface area contributed by atoms with E-state index in [-0.39, 0.29) is 0 Å². The fourth-order valence-electron chi connectivity index (χ4n) is 1.71. The van der Waals surface area contributed by atoms with Crippen LogP contribution in [0.15, 0.2) is 41.0 Å². The summed E-state index contributed by atoms with van der Waals surface area (Å²) in [4.78, 5) is 15.5. The number of hydrogen-bond donors (Lipinski definition) is 1. The smallest absolute Gasteiger partial charge is 0.339 e. The number of carbonyl (C=O) groups is 1. The Labute approximate surface area is 130 Å². The molecule has 0 aliphatic carbocycles. The molecule has 0 fully saturated rings. The standard InChI is InChI=1S/C15H12BrN3O2/c1-21-15(20)11-3-5-13(18-8-11)9-19-14-6-12(16)4-2-10(14)7-17/h2-6,8,19H,9H2,1H3. The third kappa shape index (κ3) is 3.80. The van der Waals surface area contributed by atoms with Crippen molar-refractivity contribution in [3.8, 4) is 6.07 Å². The number of anilines is 1. The average Bonchev–Trinajstić information content (AvgIpc) is 2.52.